The van der Waals surface area contributed by atoms with E-state index in [0.29, 0.717) is 16.8 Å². The molecule has 0 saturated carbocycles. The van der Waals surface area contributed by atoms with E-state index in [9.17, 15) is 9.59 Å². The number of carbonyl (C=O) groups is 2. The zero-order valence-electron chi connectivity index (χ0n) is 11.4. The van der Waals surface area contributed by atoms with Gasteiger partial charge in [-0.05, 0) is 36.2 Å². The molecule has 0 aliphatic rings. The highest BCUT2D eigenvalue weighted by Crippen LogP contribution is 2.22. The molecule has 0 aliphatic heterocycles. The van der Waals surface area contributed by atoms with Crippen LogP contribution in [0.15, 0.2) is 46.9 Å². The number of anilines is 1. The van der Waals surface area contributed by atoms with Crippen molar-refractivity contribution < 1.29 is 14.7 Å². The third-order valence-electron chi connectivity index (χ3n) is 3.12. The van der Waals surface area contributed by atoms with Gasteiger partial charge in [-0.25, -0.2) is 0 Å². The van der Waals surface area contributed by atoms with Gasteiger partial charge < -0.3 is 10.4 Å². The molecule has 0 saturated heterocycles. The summed E-state index contributed by atoms with van der Waals surface area (Å²) in [5.74, 6) is -1.19. The number of carbonyl (C=O) groups excluding carboxylic acids is 1. The third kappa shape index (κ3) is 3.70. The molecule has 0 radical (unpaired) electrons. The van der Waals surface area contributed by atoms with Gasteiger partial charge in [0.1, 0.15) is 0 Å². The van der Waals surface area contributed by atoms with E-state index >= 15 is 0 Å². The zero-order valence-corrected chi connectivity index (χ0v) is 13.0. The standard InChI is InChI=1S/C16H14BrNO3/c1-10-12(6-4-7-13(10)17)16(21)18-14-8-3-2-5-11(14)9-15(19)20/h2-8H,9H2,1H3,(H,18,21)(H,19,20). The van der Waals surface area contributed by atoms with Crippen LogP contribution >= 0.6 is 15.9 Å². The number of carboxylic acids is 1. The molecule has 108 valence electrons. The average molecular weight is 348 g/mol. The Balaban J connectivity index is 2.28. The first kappa shape index (κ1) is 15.3. The molecule has 0 heterocycles. The molecule has 0 unspecified atom stereocenters. The van der Waals surface area contributed by atoms with Crippen molar-refractivity contribution in [1.29, 1.82) is 0 Å². The van der Waals surface area contributed by atoms with Gasteiger partial charge in [-0.3, -0.25) is 9.59 Å². The molecule has 4 nitrogen and oxygen atoms in total. The minimum atomic E-state index is -0.935. The fourth-order valence-electron chi connectivity index (χ4n) is 2.00. The third-order valence-corrected chi connectivity index (χ3v) is 3.98. The van der Waals surface area contributed by atoms with E-state index in [-0.39, 0.29) is 12.3 Å². The first-order chi connectivity index (χ1) is 9.99. The lowest BCUT2D eigenvalue weighted by molar-refractivity contribution is -0.136. The van der Waals surface area contributed by atoms with Gasteiger partial charge in [0.05, 0.1) is 6.42 Å². The molecular weight excluding hydrogens is 334 g/mol. The summed E-state index contributed by atoms with van der Waals surface area (Å²) in [6, 6.07) is 12.3. The monoisotopic (exact) mass is 347 g/mol. The number of nitrogens with one attached hydrogen (secondary N) is 1. The molecule has 21 heavy (non-hydrogen) atoms. The number of benzene rings is 2. The summed E-state index contributed by atoms with van der Waals surface area (Å²) >= 11 is 3.39. The molecule has 2 N–H and O–H groups in total. The minimum absolute atomic E-state index is 0.131. The van der Waals surface area contributed by atoms with E-state index < -0.39 is 5.97 Å². The fourth-order valence-corrected chi connectivity index (χ4v) is 2.37. The Morgan fingerprint density at radius 3 is 2.57 bits per heavy atom. The number of para-hydroxylation sites is 1. The Labute approximate surface area is 130 Å². The van der Waals surface area contributed by atoms with Crippen molar-refractivity contribution in [3.63, 3.8) is 0 Å². The smallest absolute Gasteiger partial charge is 0.307 e. The van der Waals surface area contributed by atoms with Crippen molar-refractivity contribution in [2.45, 2.75) is 13.3 Å². The van der Waals surface area contributed by atoms with E-state index in [1.54, 1.807) is 36.4 Å². The Bertz CT molecular complexity index is 698. The van der Waals surface area contributed by atoms with Crippen LogP contribution < -0.4 is 5.32 Å². The van der Waals surface area contributed by atoms with Gasteiger partial charge in [0.2, 0.25) is 0 Å². The van der Waals surface area contributed by atoms with Crippen LogP contribution in [0.1, 0.15) is 21.5 Å². The molecule has 2 rings (SSSR count). The quantitative estimate of drug-likeness (QED) is 0.887. The van der Waals surface area contributed by atoms with Gasteiger partial charge in [0.25, 0.3) is 5.91 Å². The Morgan fingerprint density at radius 1 is 1.14 bits per heavy atom. The first-order valence-corrected chi connectivity index (χ1v) is 7.14. The molecule has 0 atom stereocenters. The van der Waals surface area contributed by atoms with Crippen LogP contribution in [0.2, 0.25) is 0 Å². The molecule has 2 aromatic carbocycles. The lowest BCUT2D eigenvalue weighted by atomic mass is 10.1. The number of halogens is 1. The van der Waals surface area contributed by atoms with Gasteiger partial charge in [-0.15, -0.1) is 0 Å². The SMILES string of the molecule is Cc1c(Br)cccc1C(=O)Nc1ccccc1CC(=O)O. The number of aliphatic carboxylic acids is 1. The Hall–Kier alpha value is -2.14. The van der Waals surface area contributed by atoms with E-state index in [1.165, 1.54) is 0 Å². The predicted molar refractivity (Wildman–Crippen MR) is 84.6 cm³/mol. The molecule has 0 aromatic heterocycles. The van der Waals surface area contributed by atoms with E-state index in [2.05, 4.69) is 21.2 Å². The zero-order chi connectivity index (χ0) is 15.4. The number of hydrogen-bond donors (Lipinski definition) is 2. The van der Waals surface area contributed by atoms with Crippen LogP contribution in [-0.4, -0.2) is 17.0 Å². The number of rotatable bonds is 4. The number of hydrogen-bond acceptors (Lipinski definition) is 2. The van der Waals surface area contributed by atoms with Crippen LogP contribution in [0, 0.1) is 6.92 Å². The Kier molecular flexibility index (Phi) is 4.75. The van der Waals surface area contributed by atoms with Gasteiger partial charge in [0, 0.05) is 15.7 Å². The highest BCUT2D eigenvalue weighted by Gasteiger charge is 2.13. The van der Waals surface area contributed by atoms with E-state index in [4.69, 9.17) is 5.11 Å². The van der Waals surface area contributed by atoms with Crippen molar-refractivity contribution in [3.05, 3.63) is 63.6 Å². The molecule has 0 bridgehead atoms. The maximum Gasteiger partial charge on any atom is 0.307 e. The molecular formula is C16H14BrNO3. The van der Waals surface area contributed by atoms with Crippen LogP contribution in [-0.2, 0) is 11.2 Å². The summed E-state index contributed by atoms with van der Waals surface area (Å²) in [5, 5.41) is 11.7. The second-order valence-electron chi connectivity index (χ2n) is 4.59. The maximum absolute atomic E-state index is 12.3. The van der Waals surface area contributed by atoms with Crippen LogP contribution in [0.25, 0.3) is 0 Å². The largest absolute Gasteiger partial charge is 0.481 e. The molecule has 2 aromatic rings. The second kappa shape index (κ2) is 6.54. The molecule has 5 heteroatoms. The summed E-state index contributed by atoms with van der Waals surface area (Å²) < 4.78 is 0.856. The second-order valence-corrected chi connectivity index (χ2v) is 5.45. The summed E-state index contributed by atoms with van der Waals surface area (Å²) in [6.45, 7) is 1.85. The van der Waals surface area contributed by atoms with Gasteiger partial charge in [-0.1, -0.05) is 40.2 Å². The Morgan fingerprint density at radius 2 is 1.86 bits per heavy atom. The summed E-state index contributed by atoms with van der Waals surface area (Å²) in [5.41, 5.74) is 2.48. The predicted octanol–water partition coefficient (Wildman–Crippen LogP) is 3.64. The lowest BCUT2D eigenvalue weighted by Crippen LogP contribution is -2.15. The maximum atomic E-state index is 12.3. The summed E-state index contributed by atoms with van der Waals surface area (Å²) in [4.78, 5) is 23.2. The van der Waals surface area contributed by atoms with E-state index in [1.807, 2.05) is 13.0 Å². The topological polar surface area (TPSA) is 66.4 Å². The molecule has 0 aliphatic carbocycles. The van der Waals surface area contributed by atoms with Gasteiger partial charge in [-0.2, -0.15) is 0 Å². The minimum Gasteiger partial charge on any atom is -0.481 e. The highest BCUT2D eigenvalue weighted by atomic mass is 79.9. The molecule has 1 amide bonds. The van der Waals surface area contributed by atoms with Gasteiger partial charge >= 0.3 is 5.97 Å². The summed E-state index contributed by atoms with van der Waals surface area (Å²) in [7, 11) is 0. The fraction of sp³-hybridized carbons (Fsp3) is 0.125. The van der Waals surface area contributed by atoms with Crippen molar-refractivity contribution in [2.75, 3.05) is 5.32 Å². The van der Waals surface area contributed by atoms with Crippen LogP contribution in [0.3, 0.4) is 0 Å². The van der Waals surface area contributed by atoms with Gasteiger partial charge in [0.15, 0.2) is 0 Å². The summed E-state index contributed by atoms with van der Waals surface area (Å²) in [6.07, 6.45) is -0.131. The van der Waals surface area contributed by atoms with Crippen molar-refractivity contribution in [1.82, 2.24) is 0 Å². The van der Waals surface area contributed by atoms with Crippen LogP contribution in [0.5, 0.6) is 0 Å². The lowest BCUT2D eigenvalue weighted by Gasteiger charge is -2.11. The van der Waals surface area contributed by atoms with Crippen molar-refractivity contribution >= 4 is 33.5 Å². The average Bonchev–Trinajstić information content (AvgIpc) is 2.43. The number of amides is 1. The molecule has 0 spiro atoms. The van der Waals surface area contributed by atoms with Crippen LogP contribution in [0.4, 0.5) is 5.69 Å². The molecule has 0 fully saturated rings. The van der Waals surface area contributed by atoms with Crippen molar-refractivity contribution in [2.24, 2.45) is 0 Å². The highest BCUT2D eigenvalue weighted by molar-refractivity contribution is 9.10. The normalized spacial score (nSPS) is 10.2. The van der Waals surface area contributed by atoms with Crippen molar-refractivity contribution in [3.8, 4) is 0 Å². The van der Waals surface area contributed by atoms with E-state index in [0.717, 1.165) is 10.0 Å². The first-order valence-electron chi connectivity index (χ1n) is 6.35. The number of carboxylic acid groups (broad SMARTS) is 1.